The molecular formula is C18H29O5Si. The van der Waals surface area contributed by atoms with Crippen LogP contribution >= 0.6 is 0 Å². The molecule has 1 aliphatic rings. The molecule has 0 bridgehead atoms. The van der Waals surface area contributed by atoms with Gasteiger partial charge in [0.1, 0.15) is 6.79 Å². The molecule has 0 saturated heterocycles. The molecule has 1 heterocycles. The summed E-state index contributed by atoms with van der Waals surface area (Å²) < 4.78 is 28.3. The first-order valence-electron chi connectivity index (χ1n) is 8.27. The summed E-state index contributed by atoms with van der Waals surface area (Å²) in [5.74, 6) is 1.59. The lowest BCUT2D eigenvalue weighted by molar-refractivity contribution is -0.128. The SMILES string of the molecule is COCOC(Cc1ccc2c(c1)OCO2)[C@H](O[Si](C)C)C(C)(C)C. The molecule has 0 N–H and O–H groups in total. The van der Waals surface area contributed by atoms with E-state index >= 15 is 0 Å². The highest BCUT2D eigenvalue weighted by atomic mass is 28.3. The maximum absolute atomic E-state index is 6.30. The van der Waals surface area contributed by atoms with Crippen LogP contribution in [0.3, 0.4) is 0 Å². The van der Waals surface area contributed by atoms with Crippen LogP contribution in [0.2, 0.25) is 13.1 Å². The Morgan fingerprint density at radius 3 is 2.50 bits per heavy atom. The lowest BCUT2D eigenvalue weighted by atomic mass is 9.84. The van der Waals surface area contributed by atoms with E-state index in [4.69, 9.17) is 23.4 Å². The molecule has 0 spiro atoms. The normalized spacial score (nSPS) is 16.5. The van der Waals surface area contributed by atoms with E-state index in [1.165, 1.54) is 0 Å². The fraction of sp³-hybridized carbons (Fsp3) is 0.667. The van der Waals surface area contributed by atoms with Crippen molar-refractivity contribution in [3.8, 4) is 11.5 Å². The van der Waals surface area contributed by atoms with Crippen molar-refractivity contribution in [3.63, 3.8) is 0 Å². The van der Waals surface area contributed by atoms with Gasteiger partial charge in [-0.25, -0.2) is 0 Å². The smallest absolute Gasteiger partial charge is 0.231 e. The van der Waals surface area contributed by atoms with Crippen molar-refractivity contribution < 1.29 is 23.4 Å². The van der Waals surface area contributed by atoms with E-state index in [0.29, 0.717) is 0 Å². The standard InChI is InChI=1S/C18H29O5Si/c1-18(2,3)17(23-24(5)6)16(20-11-19-4)10-13-7-8-14-15(9-13)22-12-21-14/h7-9,16-17H,10-12H2,1-6H3/t16?,17-/m0/s1. The average Bonchev–Trinajstić information content (AvgIpc) is 2.95. The van der Waals surface area contributed by atoms with E-state index in [1.807, 2.05) is 12.1 Å². The number of rotatable bonds is 8. The average molecular weight is 354 g/mol. The number of fused-ring (bicyclic) bond motifs is 1. The van der Waals surface area contributed by atoms with Gasteiger partial charge in [-0.3, -0.25) is 0 Å². The molecule has 1 aliphatic heterocycles. The Bertz CT molecular complexity index is 527. The summed E-state index contributed by atoms with van der Waals surface area (Å²) in [5.41, 5.74) is 1.11. The monoisotopic (exact) mass is 353 g/mol. The summed E-state index contributed by atoms with van der Waals surface area (Å²) in [5, 5.41) is 0. The molecule has 1 aromatic carbocycles. The summed E-state index contributed by atoms with van der Waals surface area (Å²) in [7, 11) is 0.787. The number of hydrogen-bond acceptors (Lipinski definition) is 5. The van der Waals surface area contributed by atoms with Crippen molar-refractivity contribution in [1.82, 2.24) is 0 Å². The summed E-state index contributed by atoms with van der Waals surface area (Å²) in [6, 6.07) is 6.03. The molecular weight excluding hydrogens is 324 g/mol. The van der Waals surface area contributed by atoms with Gasteiger partial charge >= 0.3 is 0 Å². The van der Waals surface area contributed by atoms with Crippen LogP contribution in [0.4, 0.5) is 0 Å². The first-order chi connectivity index (χ1) is 11.3. The van der Waals surface area contributed by atoms with Gasteiger partial charge < -0.3 is 23.4 Å². The van der Waals surface area contributed by atoms with Gasteiger partial charge in [-0.05, 0) is 36.2 Å². The highest BCUT2D eigenvalue weighted by Gasteiger charge is 2.35. The minimum absolute atomic E-state index is 0.0121. The predicted molar refractivity (Wildman–Crippen MR) is 94.8 cm³/mol. The Labute approximate surface area is 146 Å². The zero-order chi connectivity index (χ0) is 17.7. The van der Waals surface area contributed by atoms with Crippen LogP contribution in [0.15, 0.2) is 18.2 Å². The maximum Gasteiger partial charge on any atom is 0.231 e. The highest BCUT2D eigenvalue weighted by molar-refractivity contribution is 6.48. The van der Waals surface area contributed by atoms with Crippen molar-refractivity contribution in [2.45, 2.75) is 52.5 Å². The van der Waals surface area contributed by atoms with Gasteiger partial charge in [0.2, 0.25) is 15.8 Å². The Morgan fingerprint density at radius 1 is 1.17 bits per heavy atom. The topological polar surface area (TPSA) is 46.2 Å². The van der Waals surface area contributed by atoms with Gasteiger partial charge in [-0.2, -0.15) is 0 Å². The number of hydrogen-bond donors (Lipinski definition) is 0. The highest BCUT2D eigenvalue weighted by Crippen LogP contribution is 2.34. The fourth-order valence-corrected chi connectivity index (χ4v) is 3.79. The molecule has 24 heavy (non-hydrogen) atoms. The van der Waals surface area contributed by atoms with Crippen molar-refractivity contribution in [2.24, 2.45) is 5.41 Å². The lowest BCUT2D eigenvalue weighted by Crippen LogP contribution is -2.45. The molecule has 135 valence electrons. The summed E-state index contributed by atoms with van der Waals surface area (Å²) in [4.78, 5) is 0. The Morgan fingerprint density at radius 2 is 1.88 bits per heavy atom. The van der Waals surface area contributed by atoms with E-state index < -0.39 is 9.04 Å². The van der Waals surface area contributed by atoms with Crippen molar-refractivity contribution >= 4 is 9.04 Å². The number of ether oxygens (including phenoxy) is 4. The second kappa shape index (κ2) is 8.34. The molecule has 0 aliphatic carbocycles. The number of methoxy groups -OCH3 is 1. The molecule has 0 amide bonds. The third kappa shape index (κ3) is 5.21. The molecule has 6 heteroatoms. The van der Waals surface area contributed by atoms with Gasteiger partial charge in [0.25, 0.3) is 0 Å². The Kier molecular flexibility index (Phi) is 6.68. The second-order valence-corrected chi connectivity index (χ2v) is 9.37. The molecule has 1 aromatic rings. The van der Waals surface area contributed by atoms with Crippen LogP contribution in [0.1, 0.15) is 26.3 Å². The second-order valence-electron chi connectivity index (χ2n) is 7.32. The van der Waals surface area contributed by atoms with Crippen molar-refractivity contribution in [3.05, 3.63) is 23.8 Å². The maximum atomic E-state index is 6.30. The molecule has 5 nitrogen and oxygen atoms in total. The Balaban J connectivity index is 2.19. The van der Waals surface area contributed by atoms with Gasteiger partial charge in [-0.15, -0.1) is 0 Å². The van der Waals surface area contributed by atoms with Gasteiger partial charge in [0.05, 0.1) is 12.2 Å². The third-order valence-electron chi connectivity index (χ3n) is 3.83. The third-order valence-corrected chi connectivity index (χ3v) is 4.55. The van der Waals surface area contributed by atoms with Crippen LogP contribution in [0.5, 0.6) is 11.5 Å². The number of benzene rings is 1. The van der Waals surface area contributed by atoms with E-state index in [0.717, 1.165) is 23.5 Å². The molecule has 1 unspecified atom stereocenters. The molecule has 2 rings (SSSR count). The van der Waals surface area contributed by atoms with Gasteiger partial charge in [0.15, 0.2) is 11.5 Å². The van der Waals surface area contributed by atoms with Crippen LogP contribution in [0.25, 0.3) is 0 Å². The summed E-state index contributed by atoms with van der Waals surface area (Å²) >= 11 is 0. The predicted octanol–water partition coefficient (Wildman–Crippen LogP) is 3.63. The van der Waals surface area contributed by atoms with E-state index in [2.05, 4.69) is 39.9 Å². The molecule has 0 aromatic heterocycles. The van der Waals surface area contributed by atoms with Crippen molar-refractivity contribution in [1.29, 1.82) is 0 Å². The van der Waals surface area contributed by atoms with Crippen LogP contribution < -0.4 is 9.47 Å². The minimum Gasteiger partial charge on any atom is -0.454 e. The summed E-state index contributed by atoms with van der Waals surface area (Å²) in [6.45, 7) is 11.4. The van der Waals surface area contributed by atoms with Crippen LogP contribution in [-0.2, 0) is 20.3 Å². The molecule has 1 radical (unpaired) electrons. The molecule has 0 saturated carbocycles. The van der Waals surface area contributed by atoms with Crippen molar-refractivity contribution in [2.75, 3.05) is 20.7 Å². The first-order valence-corrected chi connectivity index (χ1v) is 10.7. The first kappa shape index (κ1) is 19.2. The lowest BCUT2D eigenvalue weighted by Gasteiger charge is -2.38. The zero-order valence-electron chi connectivity index (χ0n) is 15.5. The van der Waals surface area contributed by atoms with Gasteiger partial charge in [0, 0.05) is 13.5 Å². The molecule has 2 atom stereocenters. The van der Waals surface area contributed by atoms with E-state index in [1.54, 1.807) is 7.11 Å². The van der Waals surface area contributed by atoms with Gasteiger partial charge in [-0.1, -0.05) is 26.8 Å². The van der Waals surface area contributed by atoms with E-state index in [9.17, 15) is 0 Å². The quantitative estimate of drug-likeness (QED) is 0.527. The Hall–Kier alpha value is -1.08. The van der Waals surface area contributed by atoms with Crippen LogP contribution in [0, 0.1) is 5.41 Å². The van der Waals surface area contributed by atoms with E-state index in [-0.39, 0.29) is 31.2 Å². The minimum atomic E-state index is -0.851. The fourth-order valence-electron chi connectivity index (χ4n) is 2.77. The molecule has 0 fully saturated rings. The summed E-state index contributed by atoms with van der Waals surface area (Å²) in [6.07, 6.45) is 0.629. The largest absolute Gasteiger partial charge is 0.454 e. The zero-order valence-corrected chi connectivity index (χ0v) is 16.5. The van der Waals surface area contributed by atoms with Crippen LogP contribution in [-0.4, -0.2) is 41.9 Å².